The summed E-state index contributed by atoms with van der Waals surface area (Å²) in [4.78, 5) is 16.5. The zero-order chi connectivity index (χ0) is 17.6. The average molecular weight is 354 g/mol. The molecule has 25 heavy (non-hydrogen) atoms. The molecule has 5 nitrogen and oxygen atoms in total. The van der Waals surface area contributed by atoms with Crippen molar-refractivity contribution in [1.29, 1.82) is 0 Å². The van der Waals surface area contributed by atoms with Crippen molar-refractivity contribution in [3.8, 4) is 5.75 Å². The molecule has 0 unspecified atom stereocenters. The molecular weight excluding hydrogens is 338 g/mol. The lowest BCUT2D eigenvalue weighted by atomic mass is 10.2. The van der Waals surface area contributed by atoms with E-state index in [2.05, 4.69) is 15.6 Å². The molecule has 0 radical (unpaired) electrons. The maximum atomic E-state index is 12.4. The van der Waals surface area contributed by atoms with E-state index in [1.807, 2.05) is 24.3 Å². The number of amides is 1. The number of pyridine rings is 1. The van der Waals surface area contributed by atoms with E-state index in [1.54, 1.807) is 43.6 Å². The van der Waals surface area contributed by atoms with Gasteiger partial charge in [0.05, 0.1) is 24.6 Å². The Morgan fingerprint density at radius 1 is 1.00 bits per heavy atom. The Morgan fingerprint density at radius 2 is 1.80 bits per heavy atom. The van der Waals surface area contributed by atoms with Crippen LogP contribution in [0.5, 0.6) is 5.75 Å². The van der Waals surface area contributed by atoms with Crippen LogP contribution in [0, 0.1) is 0 Å². The van der Waals surface area contributed by atoms with Gasteiger partial charge in [0.1, 0.15) is 5.75 Å². The Hall–Kier alpha value is -3.05. The summed E-state index contributed by atoms with van der Waals surface area (Å²) >= 11 is 5.93. The van der Waals surface area contributed by atoms with Crippen LogP contribution in [0.1, 0.15) is 10.4 Å². The van der Waals surface area contributed by atoms with Gasteiger partial charge in [0.2, 0.25) is 0 Å². The van der Waals surface area contributed by atoms with Crippen molar-refractivity contribution in [3.63, 3.8) is 0 Å². The molecular formula is C19H16ClN3O2. The monoisotopic (exact) mass is 353 g/mol. The van der Waals surface area contributed by atoms with Crippen LogP contribution in [-0.4, -0.2) is 18.0 Å². The predicted molar refractivity (Wildman–Crippen MR) is 99.9 cm³/mol. The van der Waals surface area contributed by atoms with Gasteiger partial charge in [-0.1, -0.05) is 23.7 Å². The fourth-order valence-corrected chi connectivity index (χ4v) is 2.46. The second-order valence-corrected chi connectivity index (χ2v) is 5.72. The van der Waals surface area contributed by atoms with Crippen molar-refractivity contribution in [1.82, 2.24) is 4.98 Å². The number of ether oxygens (including phenoxy) is 1. The van der Waals surface area contributed by atoms with E-state index < -0.39 is 0 Å². The van der Waals surface area contributed by atoms with Gasteiger partial charge < -0.3 is 15.4 Å². The number of benzene rings is 2. The number of anilines is 3. The molecule has 0 aliphatic heterocycles. The zero-order valence-corrected chi connectivity index (χ0v) is 14.2. The standard InChI is InChI=1S/C19H16ClN3O2/c1-25-18-7-3-6-16(10-18)22-17-8-13(11-21-12-17)19(24)23-15-5-2-4-14(20)9-15/h2-12,22H,1H3,(H,23,24). The number of rotatable bonds is 5. The van der Waals surface area contributed by atoms with Crippen molar-refractivity contribution in [3.05, 3.63) is 77.6 Å². The fourth-order valence-electron chi connectivity index (χ4n) is 2.27. The minimum atomic E-state index is -0.260. The maximum Gasteiger partial charge on any atom is 0.257 e. The number of hydrogen-bond acceptors (Lipinski definition) is 4. The van der Waals surface area contributed by atoms with Gasteiger partial charge >= 0.3 is 0 Å². The number of carbonyl (C=O) groups excluding carboxylic acids is 1. The highest BCUT2D eigenvalue weighted by molar-refractivity contribution is 6.30. The van der Waals surface area contributed by atoms with Gasteiger partial charge in [-0.3, -0.25) is 9.78 Å². The van der Waals surface area contributed by atoms with E-state index in [0.717, 1.165) is 11.4 Å². The maximum absolute atomic E-state index is 12.4. The summed E-state index contributed by atoms with van der Waals surface area (Å²) < 4.78 is 5.20. The van der Waals surface area contributed by atoms with E-state index in [0.29, 0.717) is 22.0 Å². The van der Waals surface area contributed by atoms with Crippen molar-refractivity contribution < 1.29 is 9.53 Å². The molecule has 0 bridgehead atoms. The molecule has 6 heteroatoms. The first-order chi connectivity index (χ1) is 12.1. The minimum absolute atomic E-state index is 0.260. The number of carbonyl (C=O) groups is 1. The van der Waals surface area contributed by atoms with Gasteiger partial charge in [0.25, 0.3) is 5.91 Å². The van der Waals surface area contributed by atoms with Crippen LogP contribution < -0.4 is 15.4 Å². The summed E-state index contributed by atoms with van der Waals surface area (Å²) in [5.74, 6) is 0.483. The van der Waals surface area contributed by atoms with Crippen molar-refractivity contribution in [2.45, 2.75) is 0 Å². The van der Waals surface area contributed by atoms with Gasteiger partial charge in [0.15, 0.2) is 0 Å². The summed E-state index contributed by atoms with van der Waals surface area (Å²) in [6.07, 6.45) is 3.16. The third kappa shape index (κ3) is 4.49. The van der Waals surface area contributed by atoms with Crippen LogP contribution in [0.4, 0.5) is 17.1 Å². The normalized spacial score (nSPS) is 10.2. The van der Waals surface area contributed by atoms with E-state index in [9.17, 15) is 4.79 Å². The van der Waals surface area contributed by atoms with E-state index >= 15 is 0 Å². The average Bonchev–Trinajstić information content (AvgIpc) is 2.62. The Labute approximate surface area is 150 Å². The number of methoxy groups -OCH3 is 1. The number of aromatic nitrogens is 1. The summed E-state index contributed by atoms with van der Waals surface area (Å²) in [7, 11) is 1.61. The number of nitrogens with one attached hydrogen (secondary N) is 2. The number of hydrogen-bond donors (Lipinski definition) is 2. The lowest BCUT2D eigenvalue weighted by Crippen LogP contribution is -2.12. The molecule has 126 valence electrons. The van der Waals surface area contributed by atoms with Crippen molar-refractivity contribution in [2.75, 3.05) is 17.7 Å². The first kappa shape index (κ1) is 16.8. The predicted octanol–water partition coefficient (Wildman–Crippen LogP) is 4.74. The molecule has 0 aliphatic carbocycles. The molecule has 2 N–H and O–H groups in total. The van der Waals surface area contributed by atoms with E-state index in [-0.39, 0.29) is 5.91 Å². The van der Waals surface area contributed by atoms with Crippen molar-refractivity contribution >= 4 is 34.6 Å². The second-order valence-electron chi connectivity index (χ2n) is 5.28. The summed E-state index contributed by atoms with van der Waals surface area (Å²) in [5.41, 5.74) is 2.61. The second kappa shape index (κ2) is 7.68. The first-order valence-corrected chi connectivity index (χ1v) is 7.95. The number of nitrogens with zero attached hydrogens (tertiary/aromatic N) is 1. The Bertz CT molecular complexity index is 899. The van der Waals surface area contributed by atoms with Gasteiger partial charge in [-0.15, -0.1) is 0 Å². The summed E-state index contributed by atoms with van der Waals surface area (Å²) in [5, 5.41) is 6.56. The lowest BCUT2D eigenvalue weighted by molar-refractivity contribution is 0.102. The highest BCUT2D eigenvalue weighted by Crippen LogP contribution is 2.22. The molecule has 0 atom stereocenters. The molecule has 3 rings (SSSR count). The SMILES string of the molecule is COc1cccc(Nc2cncc(C(=O)Nc3cccc(Cl)c3)c2)c1. The molecule has 3 aromatic rings. The van der Waals surface area contributed by atoms with E-state index in [4.69, 9.17) is 16.3 Å². The zero-order valence-electron chi connectivity index (χ0n) is 13.5. The third-order valence-corrected chi connectivity index (χ3v) is 3.68. The van der Waals surface area contributed by atoms with Crippen LogP contribution in [0.3, 0.4) is 0 Å². The molecule has 0 aliphatic rings. The van der Waals surface area contributed by atoms with Gasteiger partial charge in [-0.2, -0.15) is 0 Å². The molecule has 0 saturated heterocycles. The van der Waals surface area contributed by atoms with E-state index in [1.165, 1.54) is 6.20 Å². The molecule has 0 spiro atoms. The molecule has 0 saturated carbocycles. The Kier molecular flexibility index (Phi) is 5.16. The fraction of sp³-hybridized carbons (Fsp3) is 0.0526. The summed E-state index contributed by atoms with van der Waals surface area (Å²) in [6, 6.07) is 16.2. The molecule has 1 heterocycles. The van der Waals surface area contributed by atoms with Crippen LogP contribution in [0.15, 0.2) is 67.0 Å². The third-order valence-electron chi connectivity index (χ3n) is 3.44. The molecule has 1 amide bonds. The summed E-state index contributed by atoms with van der Waals surface area (Å²) in [6.45, 7) is 0. The van der Waals surface area contributed by atoms with Crippen LogP contribution in [0.25, 0.3) is 0 Å². The van der Waals surface area contributed by atoms with Gasteiger partial charge in [0, 0.05) is 28.7 Å². The molecule has 2 aromatic carbocycles. The molecule has 1 aromatic heterocycles. The van der Waals surface area contributed by atoms with Crippen LogP contribution in [-0.2, 0) is 0 Å². The number of halogens is 1. The van der Waals surface area contributed by atoms with Gasteiger partial charge in [-0.05, 0) is 36.4 Å². The smallest absolute Gasteiger partial charge is 0.257 e. The Balaban J connectivity index is 1.75. The van der Waals surface area contributed by atoms with Crippen LogP contribution in [0.2, 0.25) is 5.02 Å². The quantitative estimate of drug-likeness (QED) is 0.695. The minimum Gasteiger partial charge on any atom is -0.497 e. The Morgan fingerprint density at radius 3 is 2.60 bits per heavy atom. The first-order valence-electron chi connectivity index (χ1n) is 7.57. The van der Waals surface area contributed by atoms with Crippen LogP contribution >= 0.6 is 11.6 Å². The topological polar surface area (TPSA) is 63.2 Å². The van der Waals surface area contributed by atoms with Gasteiger partial charge in [-0.25, -0.2) is 0 Å². The largest absolute Gasteiger partial charge is 0.497 e. The molecule has 0 fully saturated rings. The highest BCUT2D eigenvalue weighted by Gasteiger charge is 2.08. The van der Waals surface area contributed by atoms with Crippen molar-refractivity contribution in [2.24, 2.45) is 0 Å². The highest BCUT2D eigenvalue weighted by atomic mass is 35.5. The lowest BCUT2D eigenvalue weighted by Gasteiger charge is -2.10.